The number of hydrogen-bond acceptors (Lipinski definition) is 3. The predicted molar refractivity (Wildman–Crippen MR) is 92.9 cm³/mol. The van der Waals surface area contributed by atoms with Gasteiger partial charge in [-0.05, 0) is 36.2 Å². The molecule has 0 aliphatic heterocycles. The second-order valence-electron chi connectivity index (χ2n) is 5.33. The summed E-state index contributed by atoms with van der Waals surface area (Å²) in [7, 11) is 3.12. The maximum Gasteiger partial charge on any atom is 0.191 e. The molecule has 5 nitrogen and oxygen atoms in total. The zero-order valence-corrected chi connectivity index (χ0v) is 14.1. The van der Waals surface area contributed by atoms with Crippen LogP contribution in [0.3, 0.4) is 0 Å². The molecule has 0 aliphatic carbocycles. The van der Waals surface area contributed by atoms with E-state index in [1.165, 1.54) is 7.11 Å². The van der Waals surface area contributed by atoms with Gasteiger partial charge in [0, 0.05) is 31.8 Å². The number of phenolic OH excluding ortho intramolecular Hbond substituents is 1. The maximum absolute atomic E-state index is 13.6. The number of methoxy groups -OCH3 is 1. The van der Waals surface area contributed by atoms with Gasteiger partial charge in [-0.3, -0.25) is 4.99 Å². The molecule has 2 aromatic rings. The van der Waals surface area contributed by atoms with Gasteiger partial charge in [-0.2, -0.15) is 0 Å². The number of nitrogens with zero attached hydrogens (tertiary/aromatic N) is 1. The summed E-state index contributed by atoms with van der Waals surface area (Å²) in [6.07, 6.45) is 0.560. The summed E-state index contributed by atoms with van der Waals surface area (Å²) in [4.78, 5) is 4.03. The number of rotatable bonds is 6. The number of aromatic hydroxyl groups is 1. The quantitative estimate of drug-likeness (QED) is 0.554. The average molecular weight is 349 g/mol. The van der Waals surface area contributed by atoms with Crippen molar-refractivity contribution in [1.29, 1.82) is 0 Å². The number of hydrogen-bond donors (Lipinski definition) is 3. The van der Waals surface area contributed by atoms with Crippen molar-refractivity contribution in [3.8, 4) is 11.5 Å². The fourth-order valence-electron chi connectivity index (χ4n) is 2.28. The normalized spacial score (nSPS) is 11.3. The highest BCUT2D eigenvalue weighted by atomic mass is 19.1. The van der Waals surface area contributed by atoms with Crippen molar-refractivity contribution in [3.63, 3.8) is 0 Å². The zero-order chi connectivity index (χ0) is 18.2. The first kappa shape index (κ1) is 18.5. The Kier molecular flexibility index (Phi) is 6.56. The van der Waals surface area contributed by atoms with Crippen molar-refractivity contribution in [2.75, 3.05) is 20.7 Å². The third-order valence-electron chi connectivity index (χ3n) is 3.66. The van der Waals surface area contributed by atoms with Crippen molar-refractivity contribution in [2.24, 2.45) is 4.99 Å². The molecule has 0 amide bonds. The van der Waals surface area contributed by atoms with Crippen LogP contribution in [0.4, 0.5) is 8.78 Å². The molecule has 2 rings (SSSR count). The van der Waals surface area contributed by atoms with Crippen LogP contribution in [0.15, 0.2) is 41.4 Å². The van der Waals surface area contributed by atoms with Gasteiger partial charge in [0.25, 0.3) is 0 Å². The van der Waals surface area contributed by atoms with Crippen molar-refractivity contribution in [2.45, 2.75) is 13.0 Å². The predicted octanol–water partition coefficient (Wildman–Crippen LogP) is 2.59. The van der Waals surface area contributed by atoms with E-state index in [1.807, 2.05) is 0 Å². The van der Waals surface area contributed by atoms with E-state index in [0.717, 1.165) is 23.8 Å². The van der Waals surface area contributed by atoms with Gasteiger partial charge >= 0.3 is 0 Å². The van der Waals surface area contributed by atoms with Crippen LogP contribution < -0.4 is 15.4 Å². The molecular weight excluding hydrogens is 328 g/mol. The van der Waals surface area contributed by atoms with E-state index in [2.05, 4.69) is 15.6 Å². The molecule has 0 atom stereocenters. The molecule has 0 aliphatic rings. The third-order valence-corrected chi connectivity index (χ3v) is 3.66. The highest BCUT2D eigenvalue weighted by Crippen LogP contribution is 2.23. The Balaban J connectivity index is 1.85. The van der Waals surface area contributed by atoms with Gasteiger partial charge in [0.2, 0.25) is 0 Å². The van der Waals surface area contributed by atoms with Gasteiger partial charge < -0.3 is 20.5 Å². The maximum atomic E-state index is 13.6. The minimum Gasteiger partial charge on any atom is -0.508 e. The molecule has 2 aromatic carbocycles. The van der Waals surface area contributed by atoms with Crippen LogP contribution in [0.5, 0.6) is 11.5 Å². The second-order valence-corrected chi connectivity index (χ2v) is 5.33. The molecule has 0 bridgehead atoms. The summed E-state index contributed by atoms with van der Waals surface area (Å²) >= 11 is 0. The molecule has 25 heavy (non-hydrogen) atoms. The lowest BCUT2D eigenvalue weighted by molar-refractivity contribution is 0.406. The van der Waals surface area contributed by atoms with Crippen LogP contribution in [0.1, 0.15) is 11.1 Å². The highest BCUT2D eigenvalue weighted by Gasteiger charge is 2.06. The average Bonchev–Trinajstić information content (AvgIpc) is 2.61. The van der Waals surface area contributed by atoms with Gasteiger partial charge in [0.15, 0.2) is 5.96 Å². The molecule has 0 radical (unpaired) electrons. The molecular formula is C18H21F2N3O2. The topological polar surface area (TPSA) is 65.9 Å². The molecule has 3 N–H and O–H groups in total. The molecule has 7 heteroatoms. The van der Waals surface area contributed by atoms with Crippen molar-refractivity contribution < 1.29 is 18.6 Å². The second kappa shape index (κ2) is 8.86. The number of halogens is 2. The Morgan fingerprint density at radius 1 is 1.12 bits per heavy atom. The Labute approximate surface area is 145 Å². The standard InChI is InChI=1S/C18H21F2N3O2/c1-21-18(23-11-13-9-14(19)4-6-16(13)20)22-8-7-12-3-5-15(25-2)10-17(12)24/h3-6,9-10,24H,7-8,11H2,1-2H3,(H2,21,22,23). The molecule has 0 saturated carbocycles. The fourth-order valence-corrected chi connectivity index (χ4v) is 2.28. The summed E-state index contributed by atoms with van der Waals surface area (Å²) in [6.45, 7) is 0.613. The molecule has 0 aromatic heterocycles. The van der Waals surface area contributed by atoms with E-state index >= 15 is 0 Å². The van der Waals surface area contributed by atoms with E-state index in [0.29, 0.717) is 24.7 Å². The van der Waals surface area contributed by atoms with E-state index in [-0.39, 0.29) is 17.9 Å². The number of aliphatic imine (C=N–C) groups is 1. The molecule has 134 valence electrons. The molecule has 0 fully saturated rings. The Morgan fingerprint density at radius 3 is 2.60 bits per heavy atom. The van der Waals surface area contributed by atoms with Crippen LogP contribution >= 0.6 is 0 Å². The fraction of sp³-hybridized carbons (Fsp3) is 0.278. The van der Waals surface area contributed by atoms with Crippen LogP contribution in [0.2, 0.25) is 0 Å². The largest absolute Gasteiger partial charge is 0.508 e. The van der Waals surface area contributed by atoms with E-state index in [9.17, 15) is 13.9 Å². The van der Waals surface area contributed by atoms with Crippen LogP contribution in [0, 0.1) is 11.6 Å². The monoisotopic (exact) mass is 349 g/mol. The first-order valence-electron chi connectivity index (χ1n) is 7.78. The number of ether oxygens (including phenoxy) is 1. The van der Waals surface area contributed by atoms with Crippen molar-refractivity contribution in [1.82, 2.24) is 10.6 Å². The highest BCUT2D eigenvalue weighted by molar-refractivity contribution is 5.79. The van der Waals surface area contributed by atoms with Crippen LogP contribution in [0.25, 0.3) is 0 Å². The van der Waals surface area contributed by atoms with Gasteiger partial charge in [-0.25, -0.2) is 8.78 Å². The van der Waals surface area contributed by atoms with Crippen LogP contribution in [-0.4, -0.2) is 31.8 Å². The third kappa shape index (κ3) is 5.34. The number of nitrogens with one attached hydrogen (secondary N) is 2. The molecule has 0 unspecified atom stereocenters. The van der Waals surface area contributed by atoms with E-state index < -0.39 is 11.6 Å². The summed E-state index contributed by atoms with van der Waals surface area (Å²) in [5.41, 5.74) is 0.982. The lowest BCUT2D eigenvalue weighted by Crippen LogP contribution is -2.38. The van der Waals surface area contributed by atoms with Gasteiger partial charge in [-0.15, -0.1) is 0 Å². The van der Waals surface area contributed by atoms with Gasteiger partial charge in [-0.1, -0.05) is 6.07 Å². The van der Waals surface area contributed by atoms with Crippen molar-refractivity contribution in [3.05, 3.63) is 59.2 Å². The Morgan fingerprint density at radius 2 is 1.92 bits per heavy atom. The number of benzene rings is 2. The molecule has 0 spiro atoms. The lowest BCUT2D eigenvalue weighted by Gasteiger charge is -2.13. The van der Waals surface area contributed by atoms with Crippen LogP contribution in [-0.2, 0) is 13.0 Å². The van der Waals surface area contributed by atoms with Gasteiger partial charge in [0.1, 0.15) is 23.1 Å². The zero-order valence-electron chi connectivity index (χ0n) is 14.1. The molecule has 0 heterocycles. The first-order chi connectivity index (χ1) is 12.0. The summed E-state index contributed by atoms with van der Waals surface area (Å²) in [6, 6.07) is 8.42. The minimum absolute atomic E-state index is 0.108. The van der Waals surface area contributed by atoms with E-state index in [1.54, 1.807) is 25.2 Å². The SMILES string of the molecule is CN=C(NCCc1ccc(OC)cc1O)NCc1cc(F)ccc1F. The number of phenols is 1. The smallest absolute Gasteiger partial charge is 0.191 e. The van der Waals surface area contributed by atoms with E-state index in [4.69, 9.17) is 4.74 Å². The van der Waals surface area contributed by atoms with Gasteiger partial charge in [0.05, 0.1) is 7.11 Å². The Hall–Kier alpha value is -2.83. The Bertz CT molecular complexity index is 751. The lowest BCUT2D eigenvalue weighted by atomic mass is 10.1. The summed E-state index contributed by atoms with van der Waals surface area (Å²) in [5.74, 6) is 0.232. The summed E-state index contributed by atoms with van der Waals surface area (Å²) in [5, 5.41) is 15.9. The summed E-state index contributed by atoms with van der Waals surface area (Å²) < 4.78 is 31.8. The molecule has 0 saturated heterocycles. The van der Waals surface area contributed by atoms with Crippen molar-refractivity contribution >= 4 is 5.96 Å². The minimum atomic E-state index is -0.490. The number of guanidine groups is 1. The first-order valence-corrected chi connectivity index (χ1v) is 7.78.